The van der Waals surface area contributed by atoms with Gasteiger partial charge in [-0.1, -0.05) is 51.2 Å². The molecule has 0 spiro atoms. The maximum Gasteiger partial charge on any atom is 0.305 e. The van der Waals surface area contributed by atoms with Crippen molar-refractivity contribution in [3.63, 3.8) is 0 Å². The van der Waals surface area contributed by atoms with Crippen molar-refractivity contribution in [2.45, 2.75) is 77.6 Å². The molecule has 0 aromatic rings. The predicted octanol–water partition coefficient (Wildman–Crippen LogP) is 5.09. The van der Waals surface area contributed by atoms with Crippen molar-refractivity contribution >= 4 is 11.8 Å². The predicted molar refractivity (Wildman–Crippen MR) is 96.6 cm³/mol. The Labute approximate surface area is 147 Å². The van der Waals surface area contributed by atoms with Gasteiger partial charge in [0.25, 0.3) is 0 Å². The molecule has 4 unspecified atom stereocenters. The zero-order chi connectivity index (χ0) is 17.4. The SMILES string of the molecule is CCCCCC=CC1C2CC(=O)C(CCCCCCC(=O)OC)C12. The van der Waals surface area contributed by atoms with Crippen LogP contribution in [0, 0.1) is 23.7 Å². The van der Waals surface area contributed by atoms with Gasteiger partial charge in [0.1, 0.15) is 5.78 Å². The Balaban J connectivity index is 1.59. The number of carbonyl (C=O) groups is 2. The summed E-state index contributed by atoms with van der Waals surface area (Å²) in [6.45, 7) is 2.24. The van der Waals surface area contributed by atoms with Crippen LogP contribution in [0.5, 0.6) is 0 Å². The molecule has 0 bridgehead atoms. The normalized spacial score (nSPS) is 28.3. The smallest absolute Gasteiger partial charge is 0.305 e. The standard InChI is InChI=1S/C21H34O3/c1-3-4-5-6-9-12-16-18-15-19(22)17(21(16)18)13-10-7-8-11-14-20(23)24-2/h9,12,16-18,21H,3-8,10-11,13-15H2,1-2H3. The lowest BCUT2D eigenvalue weighted by Gasteiger charge is -2.12. The fourth-order valence-corrected chi connectivity index (χ4v) is 4.34. The Kier molecular flexibility index (Phi) is 8.01. The number of allylic oxidation sites excluding steroid dienone is 2. The average molecular weight is 334 g/mol. The minimum Gasteiger partial charge on any atom is -0.469 e. The van der Waals surface area contributed by atoms with Crippen LogP contribution in [0.3, 0.4) is 0 Å². The molecule has 136 valence electrons. The van der Waals surface area contributed by atoms with Gasteiger partial charge in [-0.3, -0.25) is 9.59 Å². The number of methoxy groups -OCH3 is 1. The number of fused-ring (bicyclic) bond motifs is 1. The third kappa shape index (κ3) is 5.46. The first kappa shape index (κ1) is 19.2. The highest BCUT2D eigenvalue weighted by atomic mass is 16.5. The van der Waals surface area contributed by atoms with Gasteiger partial charge in [0.05, 0.1) is 7.11 Å². The largest absolute Gasteiger partial charge is 0.469 e. The number of ketones is 1. The van der Waals surface area contributed by atoms with E-state index in [0.29, 0.717) is 35.9 Å². The van der Waals surface area contributed by atoms with Crippen molar-refractivity contribution in [3.05, 3.63) is 12.2 Å². The van der Waals surface area contributed by atoms with E-state index >= 15 is 0 Å². The van der Waals surface area contributed by atoms with E-state index in [2.05, 4.69) is 23.8 Å². The second kappa shape index (κ2) is 10.0. The molecule has 2 rings (SSSR count). The molecule has 4 atom stereocenters. The molecule has 0 aromatic carbocycles. The summed E-state index contributed by atoms with van der Waals surface area (Å²) in [5.41, 5.74) is 0. The van der Waals surface area contributed by atoms with Gasteiger partial charge in [0.2, 0.25) is 0 Å². The average Bonchev–Trinajstić information content (AvgIpc) is 3.13. The van der Waals surface area contributed by atoms with Crippen LogP contribution < -0.4 is 0 Å². The summed E-state index contributed by atoms with van der Waals surface area (Å²) in [4.78, 5) is 23.2. The molecule has 2 saturated carbocycles. The van der Waals surface area contributed by atoms with Crippen molar-refractivity contribution < 1.29 is 14.3 Å². The van der Waals surface area contributed by atoms with Gasteiger partial charge >= 0.3 is 5.97 Å². The van der Waals surface area contributed by atoms with Crippen LogP contribution >= 0.6 is 0 Å². The third-order valence-electron chi connectivity index (χ3n) is 5.81. The number of hydrogen-bond acceptors (Lipinski definition) is 3. The van der Waals surface area contributed by atoms with Gasteiger partial charge < -0.3 is 4.74 Å². The van der Waals surface area contributed by atoms with E-state index in [-0.39, 0.29) is 5.97 Å². The summed E-state index contributed by atoms with van der Waals surface area (Å²) in [7, 11) is 1.44. The lowest BCUT2D eigenvalue weighted by Crippen LogP contribution is -2.13. The van der Waals surface area contributed by atoms with Crippen LogP contribution in [0.15, 0.2) is 12.2 Å². The summed E-state index contributed by atoms with van der Waals surface area (Å²) in [5.74, 6) is 2.71. The van der Waals surface area contributed by atoms with Crippen LogP contribution in [-0.2, 0) is 14.3 Å². The molecule has 0 aromatic heterocycles. The first-order chi connectivity index (χ1) is 11.7. The summed E-state index contributed by atoms with van der Waals surface area (Å²) >= 11 is 0. The molecule has 0 N–H and O–H groups in total. The van der Waals surface area contributed by atoms with Crippen molar-refractivity contribution in [1.82, 2.24) is 0 Å². The van der Waals surface area contributed by atoms with Crippen molar-refractivity contribution in [3.8, 4) is 0 Å². The molecule has 24 heavy (non-hydrogen) atoms. The molecule has 0 radical (unpaired) electrons. The lowest BCUT2D eigenvalue weighted by atomic mass is 9.92. The van der Waals surface area contributed by atoms with Crippen LogP contribution in [-0.4, -0.2) is 18.9 Å². The van der Waals surface area contributed by atoms with Gasteiger partial charge in [-0.05, 0) is 43.4 Å². The minimum absolute atomic E-state index is 0.115. The molecule has 2 fully saturated rings. The van der Waals surface area contributed by atoms with Gasteiger partial charge in [0.15, 0.2) is 0 Å². The lowest BCUT2D eigenvalue weighted by molar-refractivity contribution is -0.140. The maximum absolute atomic E-state index is 12.1. The quantitative estimate of drug-likeness (QED) is 0.284. The number of rotatable bonds is 12. The van der Waals surface area contributed by atoms with E-state index in [1.807, 2.05) is 0 Å². The third-order valence-corrected chi connectivity index (χ3v) is 5.81. The Morgan fingerprint density at radius 1 is 1.17 bits per heavy atom. The van der Waals surface area contributed by atoms with Crippen molar-refractivity contribution in [2.75, 3.05) is 7.11 Å². The number of ether oxygens (including phenoxy) is 1. The highest BCUT2D eigenvalue weighted by Gasteiger charge is 2.59. The number of hydrogen-bond donors (Lipinski definition) is 0. The van der Waals surface area contributed by atoms with Crippen LogP contribution in [0.4, 0.5) is 0 Å². The fraction of sp³-hybridized carbons (Fsp3) is 0.810. The highest BCUT2D eigenvalue weighted by Crippen LogP contribution is 2.60. The zero-order valence-corrected chi connectivity index (χ0v) is 15.5. The summed E-state index contributed by atoms with van der Waals surface area (Å²) in [5, 5.41) is 0. The van der Waals surface area contributed by atoms with Gasteiger partial charge in [-0.25, -0.2) is 0 Å². The van der Waals surface area contributed by atoms with E-state index in [4.69, 9.17) is 0 Å². The van der Waals surface area contributed by atoms with Crippen LogP contribution in [0.1, 0.15) is 77.6 Å². The number of Topliss-reactive ketones (excluding diaryl/α,β-unsaturated/α-hetero) is 1. The summed E-state index contributed by atoms with van der Waals surface area (Å²) in [6.07, 6.45) is 16.4. The molecule has 0 saturated heterocycles. The van der Waals surface area contributed by atoms with Crippen molar-refractivity contribution in [1.29, 1.82) is 0 Å². The second-order valence-corrected chi connectivity index (χ2v) is 7.55. The molecule has 0 aliphatic heterocycles. The van der Waals surface area contributed by atoms with E-state index in [0.717, 1.165) is 38.5 Å². The maximum atomic E-state index is 12.1. The Morgan fingerprint density at radius 2 is 1.96 bits per heavy atom. The Hall–Kier alpha value is -1.12. The highest BCUT2D eigenvalue weighted by molar-refractivity contribution is 5.85. The molecule has 2 aliphatic carbocycles. The number of unbranched alkanes of at least 4 members (excludes halogenated alkanes) is 6. The summed E-state index contributed by atoms with van der Waals surface area (Å²) < 4.78 is 4.65. The molecule has 3 heteroatoms. The van der Waals surface area contributed by atoms with Crippen molar-refractivity contribution in [2.24, 2.45) is 23.7 Å². The van der Waals surface area contributed by atoms with E-state index in [1.165, 1.54) is 32.8 Å². The van der Waals surface area contributed by atoms with Gasteiger partial charge in [-0.2, -0.15) is 0 Å². The van der Waals surface area contributed by atoms with E-state index in [1.54, 1.807) is 0 Å². The zero-order valence-electron chi connectivity index (χ0n) is 15.5. The molecule has 0 amide bonds. The Morgan fingerprint density at radius 3 is 2.71 bits per heavy atom. The van der Waals surface area contributed by atoms with Gasteiger partial charge in [-0.15, -0.1) is 0 Å². The minimum atomic E-state index is -0.115. The molecule has 2 aliphatic rings. The Bertz CT molecular complexity index is 440. The monoisotopic (exact) mass is 334 g/mol. The van der Waals surface area contributed by atoms with Crippen LogP contribution in [0.25, 0.3) is 0 Å². The summed E-state index contributed by atoms with van der Waals surface area (Å²) in [6, 6.07) is 0. The second-order valence-electron chi connectivity index (χ2n) is 7.55. The fourth-order valence-electron chi connectivity index (χ4n) is 4.34. The topological polar surface area (TPSA) is 43.4 Å². The van der Waals surface area contributed by atoms with E-state index in [9.17, 15) is 9.59 Å². The molecular weight excluding hydrogens is 300 g/mol. The number of esters is 1. The first-order valence-corrected chi connectivity index (χ1v) is 9.95. The molecular formula is C21H34O3. The molecule has 3 nitrogen and oxygen atoms in total. The number of carbonyl (C=O) groups excluding carboxylic acids is 2. The molecule has 0 heterocycles. The van der Waals surface area contributed by atoms with E-state index < -0.39 is 0 Å². The van der Waals surface area contributed by atoms with Crippen LogP contribution in [0.2, 0.25) is 0 Å². The van der Waals surface area contributed by atoms with Gasteiger partial charge in [0, 0.05) is 18.8 Å². The first-order valence-electron chi connectivity index (χ1n) is 9.95.